The lowest BCUT2D eigenvalue weighted by molar-refractivity contribution is 0.1000. The number of carbonyl (C=O) groups excluding carboxylic acids is 1. The molecule has 21 heavy (non-hydrogen) atoms. The molecule has 0 spiro atoms. The van der Waals surface area contributed by atoms with Crippen LogP contribution in [0.25, 0.3) is 11.1 Å². The summed E-state index contributed by atoms with van der Waals surface area (Å²) in [5.74, 6) is -0.661. The van der Waals surface area contributed by atoms with Crippen LogP contribution in [0.3, 0.4) is 0 Å². The predicted molar refractivity (Wildman–Crippen MR) is 82.5 cm³/mol. The summed E-state index contributed by atoms with van der Waals surface area (Å²) in [7, 11) is -3.50. The van der Waals surface area contributed by atoms with E-state index in [1.165, 1.54) is 41.0 Å². The van der Waals surface area contributed by atoms with Gasteiger partial charge in [0.15, 0.2) is 9.84 Å². The number of carbonyl (C=O) groups is 1. The fourth-order valence-corrected chi connectivity index (χ4v) is 2.66. The minimum atomic E-state index is -3.50. The van der Waals surface area contributed by atoms with Crippen LogP contribution in [0, 0.1) is 6.92 Å². The Balaban J connectivity index is 0.000000189. The quantitative estimate of drug-likeness (QED) is 0.808. The highest BCUT2D eigenvalue weighted by molar-refractivity contribution is 7.94. The standard InChI is InChI=1S/C9H9NO3S.C7H6/c1-2-14(12,13)8-5-3-4-7(6-8)9(10)11;1-5-4-6-2-3-7(5)6/h2-6H,1H2,(H2,10,11);2-4H,1H3. The number of rotatable bonds is 3. The van der Waals surface area contributed by atoms with Crippen LogP contribution in [0.5, 0.6) is 0 Å². The van der Waals surface area contributed by atoms with Gasteiger partial charge in [0.1, 0.15) is 0 Å². The molecule has 5 heteroatoms. The average Bonchev–Trinajstić information content (AvgIpc) is 2.45. The lowest BCUT2D eigenvalue weighted by Crippen LogP contribution is -2.11. The molecule has 108 valence electrons. The predicted octanol–water partition coefficient (Wildman–Crippen LogP) is 2.68. The molecule has 1 amide bonds. The van der Waals surface area contributed by atoms with Gasteiger partial charge in [0.05, 0.1) is 4.90 Å². The average molecular weight is 301 g/mol. The van der Waals surface area contributed by atoms with E-state index in [0.29, 0.717) is 0 Å². The maximum Gasteiger partial charge on any atom is 0.248 e. The topological polar surface area (TPSA) is 77.2 Å². The maximum atomic E-state index is 11.3. The largest absolute Gasteiger partial charge is 0.366 e. The number of nitrogens with two attached hydrogens (primary N) is 1. The number of amides is 1. The summed E-state index contributed by atoms with van der Waals surface area (Å²) in [6.45, 7) is 5.32. The van der Waals surface area contributed by atoms with Crippen molar-refractivity contribution in [3.63, 3.8) is 0 Å². The molecule has 0 unspecified atom stereocenters. The molecule has 0 radical (unpaired) electrons. The number of hydrogen-bond acceptors (Lipinski definition) is 3. The zero-order valence-electron chi connectivity index (χ0n) is 11.5. The molecular weight excluding hydrogens is 286 g/mol. The van der Waals surface area contributed by atoms with E-state index in [0.717, 1.165) is 5.41 Å². The summed E-state index contributed by atoms with van der Waals surface area (Å²) in [5, 5.41) is 0.826. The smallest absolute Gasteiger partial charge is 0.248 e. The van der Waals surface area contributed by atoms with E-state index in [2.05, 4.69) is 31.7 Å². The van der Waals surface area contributed by atoms with Crippen LogP contribution in [0.4, 0.5) is 0 Å². The van der Waals surface area contributed by atoms with Gasteiger partial charge < -0.3 is 5.73 Å². The molecule has 0 bridgehead atoms. The van der Waals surface area contributed by atoms with Gasteiger partial charge in [0.2, 0.25) is 5.91 Å². The van der Waals surface area contributed by atoms with E-state index >= 15 is 0 Å². The van der Waals surface area contributed by atoms with Crippen molar-refractivity contribution in [2.45, 2.75) is 11.8 Å². The summed E-state index contributed by atoms with van der Waals surface area (Å²) < 4.78 is 22.6. The van der Waals surface area contributed by atoms with Gasteiger partial charge in [-0.05, 0) is 41.8 Å². The van der Waals surface area contributed by atoms with Gasteiger partial charge in [-0.1, -0.05) is 30.8 Å². The first-order valence-corrected chi connectivity index (χ1v) is 7.78. The van der Waals surface area contributed by atoms with E-state index < -0.39 is 15.7 Å². The number of primary amides is 1. The minimum absolute atomic E-state index is 0.0174. The van der Waals surface area contributed by atoms with Crippen LogP contribution in [-0.2, 0) is 9.84 Å². The maximum absolute atomic E-state index is 11.3. The van der Waals surface area contributed by atoms with Gasteiger partial charge in [0, 0.05) is 11.0 Å². The third-order valence-corrected chi connectivity index (χ3v) is 4.55. The van der Waals surface area contributed by atoms with E-state index in [4.69, 9.17) is 5.73 Å². The lowest BCUT2D eigenvalue weighted by atomic mass is 9.88. The molecule has 3 rings (SSSR count). The van der Waals surface area contributed by atoms with Crippen LogP contribution in [0.2, 0.25) is 0 Å². The second kappa shape index (κ2) is 5.54. The molecular formula is C16H15NO3S. The fraction of sp³-hybridized carbons (Fsp3) is 0.0625. The number of hydrogen-bond donors (Lipinski definition) is 1. The number of sulfone groups is 1. The van der Waals surface area contributed by atoms with Crippen LogP contribution in [-0.4, -0.2) is 14.3 Å². The molecule has 0 aliphatic heterocycles. The Morgan fingerprint density at radius 3 is 2.24 bits per heavy atom. The summed E-state index contributed by atoms with van der Waals surface area (Å²) in [5.41, 5.74) is 9.52. The molecule has 2 N–H and O–H groups in total. The molecule has 1 aromatic carbocycles. The summed E-state index contributed by atoms with van der Waals surface area (Å²) >= 11 is 0. The highest BCUT2D eigenvalue weighted by Crippen LogP contribution is 2.35. The van der Waals surface area contributed by atoms with Crippen molar-refractivity contribution < 1.29 is 13.2 Å². The first-order chi connectivity index (χ1) is 9.85. The van der Waals surface area contributed by atoms with Crippen molar-refractivity contribution >= 4 is 15.7 Å². The van der Waals surface area contributed by atoms with E-state index in [1.807, 2.05) is 0 Å². The Morgan fingerprint density at radius 2 is 1.90 bits per heavy atom. The summed E-state index contributed by atoms with van der Waals surface area (Å²) in [6, 6.07) is 12.0. The normalized spacial score (nSPS) is 11.1. The highest BCUT2D eigenvalue weighted by atomic mass is 32.2. The van der Waals surface area contributed by atoms with Gasteiger partial charge >= 0.3 is 0 Å². The molecule has 0 atom stereocenters. The number of fused-ring (bicyclic) bond motifs is 1. The van der Waals surface area contributed by atoms with Crippen molar-refractivity contribution in [3.05, 3.63) is 65.6 Å². The Bertz CT molecular complexity index is 823. The Labute approximate surface area is 123 Å². The minimum Gasteiger partial charge on any atom is -0.366 e. The first kappa shape index (κ1) is 15.0. The van der Waals surface area contributed by atoms with Crippen molar-refractivity contribution in [2.75, 3.05) is 0 Å². The fourth-order valence-electron chi connectivity index (χ4n) is 1.90. The van der Waals surface area contributed by atoms with Crippen LogP contribution < -0.4 is 5.73 Å². The van der Waals surface area contributed by atoms with E-state index in [9.17, 15) is 13.2 Å². The van der Waals surface area contributed by atoms with Crippen molar-refractivity contribution in [2.24, 2.45) is 5.73 Å². The van der Waals surface area contributed by atoms with Crippen LogP contribution in [0.1, 0.15) is 15.9 Å². The molecule has 4 nitrogen and oxygen atoms in total. The highest BCUT2D eigenvalue weighted by Gasteiger charge is 2.11. The molecule has 1 aromatic rings. The SMILES string of the molecule is C=CS(=O)(=O)c1cccc(C(N)=O)c1.Cc1cc2ccc1-2. The van der Waals surface area contributed by atoms with Crippen molar-refractivity contribution in [1.82, 2.24) is 0 Å². The van der Waals surface area contributed by atoms with E-state index in [1.54, 1.807) is 0 Å². The number of aryl methyl sites for hydroxylation is 1. The van der Waals surface area contributed by atoms with Gasteiger partial charge in [-0.15, -0.1) is 0 Å². The zero-order chi connectivity index (χ0) is 15.6. The van der Waals surface area contributed by atoms with Crippen LogP contribution in [0.15, 0.2) is 59.3 Å². The third kappa shape index (κ3) is 3.03. The number of benzene rings is 2. The third-order valence-electron chi connectivity index (χ3n) is 3.20. The summed E-state index contributed by atoms with van der Waals surface area (Å²) in [6.07, 6.45) is 0. The first-order valence-electron chi connectivity index (χ1n) is 6.23. The Morgan fingerprint density at radius 1 is 1.19 bits per heavy atom. The molecule has 2 aliphatic rings. The molecule has 0 fully saturated rings. The van der Waals surface area contributed by atoms with Crippen LogP contribution >= 0.6 is 0 Å². The molecule has 2 aliphatic carbocycles. The summed E-state index contributed by atoms with van der Waals surface area (Å²) in [4.78, 5) is 10.8. The Hall–Kier alpha value is -2.40. The molecule has 0 saturated heterocycles. The van der Waals surface area contributed by atoms with Crippen molar-refractivity contribution in [3.8, 4) is 11.1 Å². The molecule has 0 heterocycles. The van der Waals surface area contributed by atoms with Gasteiger partial charge in [-0.2, -0.15) is 0 Å². The molecule has 0 saturated carbocycles. The van der Waals surface area contributed by atoms with Gasteiger partial charge in [-0.3, -0.25) is 4.79 Å². The Kier molecular flexibility index (Phi) is 3.95. The lowest BCUT2D eigenvalue weighted by Gasteiger charge is -2.17. The van der Waals surface area contributed by atoms with Crippen molar-refractivity contribution in [1.29, 1.82) is 0 Å². The van der Waals surface area contributed by atoms with E-state index in [-0.39, 0.29) is 10.5 Å². The second-order valence-electron chi connectivity index (χ2n) is 4.63. The van der Waals surface area contributed by atoms with Gasteiger partial charge in [0.25, 0.3) is 0 Å². The molecule has 0 aromatic heterocycles. The van der Waals surface area contributed by atoms with Gasteiger partial charge in [-0.25, -0.2) is 8.42 Å². The monoisotopic (exact) mass is 301 g/mol. The second-order valence-corrected chi connectivity index (χ2v) is 6.53. The zero-order valence-corrected chi connectivity index (χ0v) is 12.4.